The summed E-state index contributed by atoms with van der Waals surface area (Å²) in [6.45, 7) is 9.36. The highest BCUT2D eigenvalue weighted by Crippen LogP contribution is 2.23. The fourth-order valence-corrected chi connectivity index (χ4v) is 3.26. The molecule has 2 aliphatic rings. The van der Waals surface area contributed by atoms with Crippen molar-refractivity contribution in [2.75, 3.05) is 32.8 Å². The standard InChI is InChI=1S/C15H28N2O/c1-13(2)7-10-16-8-3-5-14(16)11-17-9-4-6-15(17)12-18/h7,14-15,18H,3-6,8-12H2,1-2H3. The molecule has 2 aliphatic heterocycles. The summed E-state index contributed by atoms with van der Waals surface area (Å²) in [7, 11) is 0. The Hall–Kier alpha value is -0.380. The molecular weight excluding hydrogens is 224 g/mol. The summed E-state index contributed by atoms with van der Waals surface area (Å²) < 4.78 is 0. The van der Waals surface area contributed by atoms with Gasteiger partial charge in [-0.05, 0) is 52.6 Å². The molecule has 0 radical (unpaired) electrons. The summed E-state index contributed by atoms with van der Waals surface area (Å²) in [4.78, 5) is 5.12. The van der Waals surface area contributed by atoms with Gasteiger partial charge in [0.25, 0.3) is 0 Å². The summed E-state index contributed by atoms with van der Waals surface area (Å²) in [5.41, 5.74) is 1.41. The van der Waals surface area contributed by atoms with Gasteiger partial charge in [0, 0.05) is 25.2 Å². The van der Waals surface area contributed by atoms with Crippen LogP contribution >= 0.6 is 0 Å². The van der Waals surface area contributed by atoms with Crippen molar-refractivity contribution in [3.8, 4) is 0 Å². The molecule has 2 unspecified atom stereocenters. The molecule has 0 amide bonds. The Balaban J connectivity index is 1.85. The van der Waals surface area contributed by atoms with Crippen LogP contribution < -0.4 is 0 Å². The van der Waals surface area contributed by atoms with E-state index in [1.165, 1.54) is 44.3 Å². The molecule has 0 aromatic carbocycles. The first-order chi connectivity index (χ1) is 8.70. The minimum absolute atomic E-state index is 0.334. The SMILES string of the molecule is CC(C)=CCN1CCCC1CN1CCCC1CO. The van der Waals surface area contributed by atoms with E-state index in [1.807, 2.05) is 0 Å². The Morgan fingerprint density at radius 3 is 2.44 bits per heavy atom. The minimum Gasteiger partial charge on any atom is -0.395 e. The first kappa shape index (κ1) is 14.0. The second-order valence-electron chi connectivity index (χ2n) is 6.05. The molecule has 0 aromatic heterocycles. The third-order valence-electron chi connectivity index (χ3n) is 4.39. The van der Waals surface area contributed by atoms with Crippen LogP contribution in [0.4, 0.5) is 0 Å². The molecule has 104 valence electrons. The minimum atomic E-state index is 0.334. The van der Waals surface area contributed by atoms with Crippen LogP contribution in [0.15, 0.2) is 11.6 Å². The summed E-state index contributed by atoms with van der Waals surface area (Å²) in [6, 6.07) is 1.13. The zero-order chi connectivity index (χ0) is 13.0. The average molecular weight is 252 g/mol. The highest BCUT2D eigenvalue weighted by molar-refractivity contribution is 4.97. The van der Waals surface area contributed by atoms with Gasteiger partial charge in [-0.3, -0.25) is 9.80 Å². The second kappa shape index (κ2) is 6.69. The Morgan fingerprint density at radius 1 is 1.11 bits per heavy atom. The van der Waals surface area contributed by atoms with Gasteiger partial charge in [-0.1, -0.05) is 11.6 Å². The predicted octanol–water partition coefficient (Wildman–Crippen LogP) is 1.87. The largest absolute Gasteiger partial charge is 0.395 e. The highest BCUT2D eigenvalue weighted by atomic mass is 16.3. The van der Waals surface area contributed by atoms with Crippen molar-refractivity contribution in [1.29, 1.82) is 0 Å². The van der Waals surface area contributed by atoms with Gasteiger partial charge in [0.05, 0.1) is 6.61 Å². The third kappa shape index (κ3) is 3.56. The maximum Gasteiger partial charge on any atom is 0.0586 e. The van der Waals surface area contributed by atoms with E-state index in [-0.39, 0.29) is 0 Å². The topological polar surface area (TPSA) is 26.7 Å². The molecular formula is C15H28N2O. The molecule has 0 saturated carbocycles. The number of rotatable bonds is 5. The van der Waals surface area contributed by atoms with E-state index in [9.17, 15) is 5.11 Å². The number of nitrogens with zero attached hydrogens (tertiary/aromatic N) is 2. The van der Waals surface area contributed by atoms with E-state index in [0.717, 1.165) is 13.1 Å². The van der Waals surface area contributed by atoms with E-state index in [4.69, 9.17) is 0 Å². The maximum atomic E-state index is 9.39. The van der Waals surface area contributed by atoms with E-state index in [0.29, 0.717) is 18.7 Å². The van der Waals surface area contributed by atoms with Gasteiger partial charge in [-0.25, -0.2) is 0 Å². The zero-order valence-electron chi connectivity index (χ0n) is 11.9. The van der Waals surface area contributed by atoms with Crippen LogP contribution in [-0.2, 0) is 0 Å². The molecule has 0 spiro atoms. The normalized spacial score (nSPS) is 29.9. The number of aliphatic hydroxyl groups is 1. The number of hydrogen-bond donors (Lipinski definition) is 1. The average Bonchev–Trinajstić information content (AvgIpc) is 2.96. The first-order valence-corrected chi connectivity index (χ1v) is 7.43. The summed E-state index contributed by atoms with van der Waals surface area (Å²) in [6.07, 6.45) is 7.43. The van der Waals surface area contributed by atoms with Crippen LogP contribution in [-0.4, -0.2) is 59.8 Å². The second-order valence-corrected chi connectivity index (χ2v) is 6.05. The fraction of sp³-hybridized carbons (Fsp3) is 0.867. The van der Waals surface area contributed by atoms with Crippen molar-refractivity contribution in [1.82, 2.24) is 9.80 Å². The molecule has 0 bridgehead atoms. The Kier molecular flexibility index (Phi) is 5.22. The van der Waals surface area contributed by atoms with E-state index in [2.05, 4.69) is 29.7 Å². The van der Waals surface area contributed by atoms with Crippen LogP contribution in [0.5, 0.6) is 0 Å². The van der Waals surface area contributed by atoms with Gasteiger partial charge >= 0.3 is 0 Å². The Morgan fingerprint density at radius 2 is 1.78 bits per heavy atom. The summed E-state index contributed by atoms with van der Waals surface area (Å²) >= 11 is 0. The van der Waals surface area contributed by atoms with Gasteiger partial charge < -0.3 is 5.11 Å². The van der Waals surface area contributed by atoms with Gasteiger partial charge in [0.15, 0.2) is 0 Å². The lowest BCUT2D eigenvalue weighted by Crippen LogP contribution is -2.43. The molecule has 1 N–H and O–H groups in total. The lowest BCUT2D eigenvalue weighted by atomic mass is 10.2. The molecule has 18 heavy (non-hydrogen) atoms. The van der Waals surface area contributed by atoms with Crippen molar-refractivity contribution in [3.63, 3.8) is 0 Å². The van der Waals surface area contributed by atoms with Crippen molar-refractivity contribution in [2.24, 2.45) is 0 Å². The van der Waals surface area contributed by atoms with Crippen molar-refractivity contribution in [3.05, 3.63) is 11.6 Å². The van der Waals surface area contributed by atoms with Crippen LogP contribution in [0, 0.1) is 0 Å². The number of allylic oxidation sites excluding steroid dienone is 1. The Labute approximate surface area is 111 Å². The number of likely N-dealkylation sites (tertiary alicyclic amines) is 2. The van der Waals surface area contributed by atoms with Crippen LogP contribution in [0.2, 0.25) is 0 Å². The summed E-state index contributed by atoms with van der Waals surface area (Å²) in [5.74, 6) is 0. The van der Waals surface area contributed by atoms with Gasteiger partial charge in [-0.15, -0.1) is 0 Å². The van der Waals surface area contributed by atoms with Crippen molar-refractivity contribution < 1.29 is 5.11 Å². The summed E-state index contributed by atoms with van der Waals surface area (Å²) in [5, 5.41) is 9.39. The molecule has 2 rings (SSSR count). The van der Waals surface area contributed by atoms with Crippen LogP contribution in [0.1, 0.15) is 39.5 Å². The Bertz CT molecular complexity index is 286. The van der Waals surface area contributed by atoms with Gasteiger partial charge in [0.1, 0.15) is 0 Å². The highest BCUT2D eigenvalue weighted by Gasteiger charge is 2.30. The van der Waals surface area contributed by atoms with Crippen molar-refractivity contribution >= 4 is 0 Å². The van der Waals surface area contributed by atoms with E-state index >= 15 is 0 Å². The van der Waals surface area contributed by atoms with Crippen molar-refractivity contribution in [2.45, 2.75) is 51.6 Å². The van der Waals surface area contributed by atoms with Gasteiger partial charge in [0.2, 0.25) is 0 Å². The molecule has 0 aromatic rings. The van der Waals surface area contributed by atoms with E-state index in [1.54, 1.807) is 0 Å². The lowest BCUT2D eigenvalue weighted by Gasteiger charge is -2.30. The third-order valence-corrected chi connectivity index (χ3v) is 4.39. The first-order valence-electron chi connectivity index (χ1n) is 7.43. The molecule has 2 heterocycles. The maximum absolute atomic E-state index is 9.39. The van der Waals surface area contributed by atoms with E-state index < -0.39 is 0 Å². The van der Waals surface area contributed by atoms with Crippen LogP contribution in [0.25, 0.3) is 0 Å². The zero-order valence-corrected chi connectivity index (χ0v) is 11.9. The monoisotopic (exact) mass is 252 g/mol. The van der Waals surface area contributed by atoms with Gasteiger partial charge in [-0.2, -0.15) is 0 Å². The number of aliphatic hydroxyl groups excluding tert-OH is 1. The molecule has 2 fully saturated rings. The lowest BCUT2D eigenvalue weighted by molar-refractivity contribution is 0.126. The smallest absolute Gasteiger partial charge is 0.0586 e. The number of hydrogen-bond acceptors (Lipinski definition) is 3. The molecule has 3 nitrogen and oxygen atoms in total. The molecule has 3 heteroatoms. The molecule has 2 saturated heterocycles. The quantitative estimate of drug-likeness (QED) is 0.757. The predicted molar refractivity (Wildman–Crippen MR) is 75.7 cm³/mol. The van der Waals surface area contributed by atoms with Crippen LogP contribution in [0.3, 0.4) is 0 Å². The molecule has 2 atom stereocenters. The fourth-order valence-electron chi connectivity index (χ4n) is 3.26. The molecule has 0 aliphatic carbocycles.